The highest BCUT2D eigenvalue weighted by molar-refractivity contribution is 5.98. The Morgan fingerprint density at radius 3 is 2.78 bits per heavy atom. The summed E-state index contributed by atoms with van der Waals surface area (Å²) in [4.78, 5) is 25.0. The van der Waals surface area contributed by atoms with E-state index in [2.05, 4.69) is 10.3 Å². The molecule has 1 atom stereocenters. The first-order chi connectivity index (χ1) is 8.49. The van der Waals surface area contributed by atoms with Gasteiger partial charge in [-0.2, -0.15) is 0 Å². The fourth-order valence-electron chi connectivity index (χ4n) is 1.38. The molecular weight excluding hydrogens is 238 g/mol. The van der Waals surface area contributed by atoms with Crippen molar-refractivity contribution in [2.45, 2.75) is 19.4 Å². The molecule has 1 aromatic rings. The number of pyridine rings is 1. The molecule has 8 heteroatoms. The first-order valence-electron chi connectivity index (χ1n) is 5.40. The first-order valence-corrected chi connectivity index (χ1v) is 5.40. The van der Waals surface area contributed by atoms with Gasteiger partial charge in [0.05, 0.1) is 10.5 Å². The summed E-state index contributed by atoms with van der Waals surface area (Å²) in [6, 6.07) is 1.03. The van der Waals surface area contributed by atoms with Gasteiger partial charge in [-0.25, -0.2) is 4.98 Å². The second-order valence-corrected chi connectivity index (χ2v) is 3.70. The molecule has 5 N–H and O–H groups in total. The van der Waals surface area contributed by atoms with E-state index in [1.165, 1.54) is 0 Å². The van der Waals surface area contributed by atoms with Crippen LogP contribution in [0.3, 0.4) is 0 Å². The Labute approximate surface area is 104 Å². The van der Waals surface area contributed by atoms with Gasteiger partial charge < -0.3 is 16.8 Å². The van der Waals surface area contributed by atoms with E-state index in [4.69, 9.17) is 11.5 Å². The van der Waals surface area contributed by atoms with Gasteiger partial charge in [0.2, 0.25) is 0 Å². The highest BCUT2D eigenvalue weighted by atomic mass is 16.6. The Kier molecular flexibility index (Phi) is 4.55. The van der Waals surface area contributed by atoms with Crippen LogP contribution in [-0.4, -0.2) is 28.4 Å². The zero-order valence-corrected chi connectivity index (χ0v) is 9.92. The van der Waals surface area contributed by atoms with Gasteiger partial charge in [0.15, 0.2) is 0 Å². The van der Waals surface area contributed by atoms with E-state index in [0.29, 0.717) is 6.54 Å². The average molecular weight is 253 g/mol. The predicted octanol–water partition coefficient (Wildman–Crippen LogP) is 0.238. The first kappa shape index (κ1) is 13.8. The summed E-state index contributed by atoms with van der Waals surface area (Å²) in [5, 5.41) is 13.5. The van der Waals surface area contributed by atoms with Gasteiger partial charge in [-0.15, -0.1) is 0 Å². The molecule has 0 bridgehead atoms. The Balaban J connectivity index is 3.11. The molecule has 98 valence electrons. The molecule has 0 saturated heterocycles. The van der Waals surface area contributed by atoms with E-state index in [9.17, 15) is 14.9 Å². The van der Waals surface area contributed by atoms with Crippen LogP contribution in [0.4, 0.5) is 11.5 Å². The largest absolute Gasteiger partial charge is 0.365 e. The topological polar surface area (TPSA) is 137 Å². The molecule has 1 aromatic heterocycles. The van der Waals surface area contributed by atoms with Crippen molar-refractivity contribution in [2.24, 2.45) is 11.5 Å². The van der Waals surface area contributed by atoms with Gasteiger partial charge in [0.1, 0.15) is 12.0 Å². The average Bonchev–Trinajstić information content (AvgIpc) is 2.35. The van der Waals surface area contributed by atoms with Crippen LogP contribution in [0.5, 0.6) is 0 Å². The highest BCUT2D eigenvalue weighted by Gasteiger charge is 2.17. The van der Waals surface area contributed by atoms with Crippen LogP contribution in [0.1, 0.15) is 23.7 Å². The lowest BCUT2D eigenvalue weighted by Gasteiger charge is -2.16. The number of hydrogen-bond donors (Lipinski definition) is 3. The molecule has 0 radical (unpaired) electrons. The summed E-state index contributed by atoms with van der Waals surface area (Å²) in [6.07, 6.45) is 1.80. The van der Waals surface area contributed by atoms with Crippen LogP contribution in [0.15, 0.2) is 12.3 Å². The molecule has 0 aliphatic heterocycles. The van der Waals surface area contributed by atoms with Crippen molar-refractivity contribution >= 4 is 17.4 Å². The third-order valence-electron chi connectivity index (χ3n) is 2.47. The Morgan fingerprint density at radius 1 is 1.67 bits per heavy atom. The molecular formula is C10H15N5O3. The number of rotatable bonds is 6. The van der Waals surface area contributed by atoms with Crippen LogP contribution < -0.4 is 16.8 Å². The zero-order valence-electron chi connectivity index (χ0n) is 9.92. The Bertz CT molecular complexity index is 459. The third kappa shape index (κ3) is 3.14. The molecule has 1 rings (SSSR count). The number of carbonyl (C=O) groups excluding carboxylic acids is 1. The van der Waals surface area contributed by atoms with Crippen molar-refractivity contribution in [1.82, 2.24) is 4.98 Å². The van der Waals surface area contributed by atoms with Crippen molar-refractivity contribution in [3.8, 4) is 0 Å². The van der Waals surface area contributed by atoms with Gasteiger partial charge in [0, 0.05) is 18.7 Å². The smallest absolute Gasteiger partial charge is 0.288 e. The maximum atomic E-state index is 11.2. The zero-order chi connectivity index (χ0) is 13.7. The summed E-state index contributed by atoms with van der Waals surface area (Å²) in [6.45, 7) is 2.27. The van der Waals surface area contributed by atoms with Crippen LogP contribution in [-0.2, 0) is 0 Å². The lowest BCUT2D eigenvalue weighted by Crippen LogP contribution is -2.29. The molecule has 0 fully saturated rings. The number of hydrogen-bond acceptors (Lipinski definition) is 6. The highest BCUT2D eigenvalue weighted by Crippen LogP contribution is 2.19. The van der Waals surface area contributed by atoms with Crippen molar-refractivity contribution < 1.29 is 9.72 Å². The summed E-state index contributed by atoms with van der Waals surface area (Å²) in [7, 11) is 0. The minimum atomic E-state index is -0.777. The van der Waals surface area contributed by atoms with Gasteiger partial charge >= 0.3 is 0 Å². The normalized spacial score (nSPS) is 11.9. The number of amides is 1. The van der Waals surface area contributed by atoms with E-state index in [1.807, 2.05) is 6.92 Å². The Hall–Kier alpha value is -2.22. The number of aromatic nitrogens is 1. The molecule has 1 amide bonds. The minimum absolute atomic E-state index is 0.0175. The Morgan fingerprint density at radius 2 is 2.33 bits per heavy atom. The van der Waals surface area contributed by atoms with Crippen molar-refractivity contribution in [2.75, 3.05) is 11.9 Å². The van der Waals surface area contributed by atoms with Crippen LogP contribution in [0.25, 0.3) is 0 Å². The molecule has 0 aliphatic carbocycles. The molecule has 0 spiro atoms. The number of nitrogens with two attached hydrogens (primary N) is 2. The third-order valence-corrected chi connectivity index (χ3v) is 2.47. The van der Waals surface area contributed by atoms with Crippen LogP contribution in [0, 0.1) is 10.1 Å². The fraction of sp³-hybridized carbons (Fsp3) is 0.400. The number of carbonyl (C=O) groups is 1. The summed E-state index contributed by atoms with van der Waals surface area (Å²) < 4.78 is 0. The van der Waals surface area contributed by atoms with Gasteiger partial charge in [-0.05, 0) is 6.42 Å². The summed E-state index contributed by atoms with van der Waals surface area (Å²) >= 11 is 0. The molecule has 0 saturated carbocycles. The second-order valence-electron chi connectivity index (χ2n) is 3.70. The van der Waals surface area contributed by atoms with Crippen molar-refractivity contribution in [1.29, 1.82) is 0 Å². The second kappa shape index (κ2) is 5.92. The molecule has 0 aromatic carbocycles. The summed E-state index contributed by atoms with van der Waals surface area (Å²) in [5.74, 6) is -0.564. The monoisotopic (exact) mass is 253 g/mol. The van der Waals surface area contributed by atoms with E-state index in [0.717, 1.165) is 18.7 Å². The molecule has 1 heterocycles. The van der Waals surface area contributed by atoms with Crippen molar-refractivity contribution in [3.05, 3.63) is 27.9 Å². The number of nitrogens with one attached hydrogen (secondary N) is 1. The fourth-order valence-corrected chi connectivity index (χ4v) is 1.38. The van der Waals surface area contributed by atoms with E-state index < -0.39 is 10.8 Å². The van der Waals surface area contributed by atoms with Crippen molar-refractivity contribution in [3.63, 3.8) is 0 Å². The maximum Gasteiger partial charge on any atom is 0.288 e. The molecule has 8 nitrogen and oxygen atoms in total. The quantitative estimate of drug-likeness (QED) is 0.490. The molecule has 1 unspecified atom stereocenters. The van der Waals surface area contributed by atoms with E-state index in [-0.39, 0.29) is 23.1 Å². The van der Waals surface area contributed by atoms with Crippen LogP contribution in [0.2, 0.25) is 0 Å². The van der Waals surface area contributed by atoms with Gasteiger partial charge in [-0.1, -0.05) is 6.92 Å². The number of nitro groups is 1. The number of primary amides is 1. The standard InChI is InChI=1S/C10H15N5O3/c1-2-6(4-11)14-10-8(9(12)16)3-7(5-13-10)15(17)18/h3,5-6H,2,4,11H2,1H3,(H2,12,16)(H,13,14). The lowest BCUT2D eigenvalue weighted by molar-refractivity contribution is -0.385. The molecule has 18 heavy (non-hydrogen) atoms. The van der Waals surface area contributed by atoms with E-state index >= 15 is 0 Å². The SMILES string of the molecule is CCC(CN)Nc1ncc([N+](=O)[O-])cc1C(N)=O. The predicted molar refractivity (Wildman–Crippen MR) is 66.2 cm³/mol. The minimum Gasteiger partial charge on any atom is -0.365 e. The maximum absolute atomic E-state index is 11.2. The number of nitrogens with zero attached hydrogens (tertiary/aromatic N) is 2. The lowest BCUT2D eigenvalue weighted by atomic mass is 10.2. The molecule has 0 aliphatic rings. The summed E-state index contributed by atoms with van der Waals surface area (Å²) in [5.41, 5.74) is 10.4. The van der Waals surface area contributed by atoms with Crippen LogP contribution >= 0.6 is 0 Å². The van der Waals surface area contributed by atoms with Gasteiger partial charge in [0.25, 0.3) is 11.6 Å². The van der Waals surface area contributed by atoms with E-state index in [1.54, 1.807) is 0 Å². The van der Waals surface area contributed by atoms with Gasteiger partial charge in [-0.3, -0.25) is 14.9 Å². The number of anilines is 1.